The number of carbonyl (C=O) groups is 1. The maximum absolute atomic E-state index is 12.2. The molecule has 1 aliphatic carbocycles. The van der Waals surface area contributed by atoms with Crippen molar-refractivity contribution in [3.8, 4) is 22.6 Å². The van der Waals surface area contributed by atoms with Gasteiger partial charge in [-0.3, -0.25) is 9.97 Å². The van der Waals surface area contributed by atoms with Gasteiger partial charge in [-0.1, -0.05) is 13.0 Å². The number of carboxylic acids is 1. The van der Waals surface area contributed by atoms with Gasteiger partial charge < -0.3 is 15.2 Å². The van der Waals surface area contributed by atoms with Crippen LogP contribution in [0.3, 0.4) is 0 Å². The van der Waals surface area contributed by atoms with E-state index in [1.807, 2.05) is 38.1 Å². The molecule has 5 rings (SSSR count). The molecule has 3 heterocycles. The fourth-order valence-corrected chi connectivity index (χ4v) is 4.38. The van der Waals surface area contributed by atoms with E-state index >= 15 is 0 Å². The van der Waals surface area contributed by atoms with E-state index in [-0.39, 0.29) is 5.56 Å². The van der Waals surface area contributed by atoms with Crippen LogP contribution in [0.2, 0.25) is 0 Å². The normalized spacial score (nSPS) is 13.0. The molecule has 0 unspecified atom stereocenters. The average molecular weight is 470 g/mol. The molecule has 8 nitrogen and oxygen atoms in total. The molecule has 0 spiro atoms. The highest BCUT2D eigenvalue weighted by molar-refractivity contribution is 5.96. The van der Waals surface area contributed by atoms with Crippen molar-refractivity contribution in [2.24, 2.45) is 0 Å². The van der Waals surface area contributed by atoms with Crippen LogP contribution in [-0.4, -0.2) is 37.9 Å². The van der Waals surface area contributed by atoms with Crippen molar-refractivity contribution >= 4 is 17.5 Å². The molecule has 0 saturated heterocycles. The van der Waals surface area contributed by atoms with Crippen LogP contribution in [0, 0.1) is 6.92 Å². The molecule has 178 valence electrons. The maximum atomic E-state index is 12.2. The van der Waals surface area contributed by atoms with Gasteiger partial charge in [0.1, 0.15) is 11.6 Å². The second-order valence-corrected chi connectivity index (χ2v) is 8.63. The Kier molecular flexibility index (Phi) is 5.94. The SMILES string of the molecule is CCc1nn(-c2cccnc2C)c(Nc2ccc(C3CC3)cc2C(=O)O)c1-c1cnccc1OC. The molecule has 3 aromatic heterocycles. The number of aryl methyl sites for hydroxylation is 2. The number of methoxy groups -OCH3 is 1. The molecule has 0 bridgehead atoms. The summed E-state index contributed by atoms with van der Waals surface area (Å²) in [7, 11) is 1.62. The second-order valence-electron chi connectivity index (χ2n) is 8.63. The van der Waals surface area contributed by atoms with Crippen LogP contribution < -0.4 is 10.1 Å². The van der Waals surface area contributed by atoms with Crippen molar-refractivity contribution in [1.82, 2.24) is 19.7 Å². The van der Waals surface area contributed by atoms with Gasteiger partial charge in [0.15, 0.2) is 0 Å². The number of anilines is 2. The third-order valence-corrected chi connectivity index (χ3v) is 6.35. The number of nitrogens with zero attached hydrogens (tertiary/aromatic N) is 4. The number of hydrogen-bond acceptors (Lipinski definition) is 6. The molecular weight excluding hydrogens is 442 g/mol. The van der Waals surface area contributed by atoms with E-state index in [1.165, 1.54) is 0 Å². The summed E-state index contributed by atoms with van der Waals surface area (Å²) in [4.78, 5) is 21.0. The molecule has 0 atom stereocenters. The van der Waals surface area contributed by atoms with Crippen LogP contribution in [0.4, 0.5) is 11.5 Å². The number of hydrogen-bond donors (Lipinski definition) is 2. The Labute approximate surface area is 203 Å². The van der Waals surface area contributed by atoms with Gasteiger partial charge in [0.25, 0.3) is 0 Å². The molecular formula is C27H27N5O3. The Bertz CT molecular complexity index is 1410. The Morgan fingerprint density at radius 3 is 2.74 bits per heavy atom. The topological polar surface area (TPSA) is 102 Å². The Morgan fingerprint density at radius 2 is 2.06 bits per heavy atom. The zero-order chi connectivity index (χ0) is 24.5. The van der Waals surface area contributed by atoms with Crippen molar-refractivity contribution in [2.75, 3.05) is 12.4 Å². The van der Waals surface area contributed by atoms with Crippen molar-refractivity contribution in [3.63, 3.8) is 0 Å². The first-order chi connectivity index (χ1) is 17.0. The van der Waals surface area contributed by atoms with Crippen LogP contribution >= 0.6 is 0 Å². The van der Waals surface area contributed by atoms with E-state index in [0.717, 1.165) is 46.6 Å². The average Bonchev–Trinajstić information content (AvgIpc) is 3.66. The minimum Gasteiger partial charge on any atom is -0.496 e. The predicted molar refractivity (Wildman–Crippen MR) is 134 cm³/mol. The lowest BCUT2D eigenvalue weighted by molar-refractivity contribution is 0.0698. The van der Waals surface area contributed by atoms with Crippen molar-refractivity contribution in [3.05, 3.63) is 77.5 Å². The van der Waals surface area contributed by atoms with Gasteiger partial charge in [-0.15, -0.1) is 0 Å². The van der Waals surface area contributed by atoms with E-state index in [9.17, 15) is 9.90 Å². The molecule has 1 aliphatic rings. The van der Waals surface area contributed by atoms with E-state index in [4.69, 9.17) is 9.84 Å². The van der Waals surface area contributed by atoms with Gasteiger partial charge in [0.2, 0.25) is 0 Å². The van der Waals surface area contributed by atoms with Gasteiger partial charge in [-0.2, -0.15) is 5.10 Å². The first kappa shape index (κ1) is 22.6. The monoisotopic (exact) mass is 469 g/mol. The molecule has 4 aromatic rings. The highest BCUT2D eigenvalue weighted by Crippen LogP contribution is 2.43. The standard InChI is InChI=1S/C27H27N5O3/c1-4-21-25(20-15-28-13-11-24(20)35-3)26(32(31-21)23-6-5-12-29-16(23)2)30-22-10-9-18(17-7-8-17)14-19(22)27(33)34/h5-6,9-15,17,30H,4,7-8H2,1-3H3,(H,33,34). The number of aromatic carboxylic acids is 1. The first-order valence-corrected chi connectivity index (χ1v) is 11.7. The largest absolute Gasteiger partial charge is 0.496 e. The predicted octanol–water partition coefficient (Wildman–Crippen LogP) is 5.53. The van der Waals surface area contributed by atoms with E-state index in [0.29, 0.717) is 29.6 Å². The third kappa shape index (κ3) is 4.23. The van der Waals surface area contributed by atoms with E-state index < -0.39 is 5.97 Å². The van der Waals surface area contributed by atoms with Crippen LogP contribution in [-0.2, 0) is 6.42 Å². The summed E-state index contributed by atoms with van der Waals surface area (Å²) in [6.07, 6.45) is 8.01. The molecule has 1 fully saturated rings. The summed E-state index contributed by atoms with van der Waals surface area (Å²) in [6.45, 7) is 3.95. The van der Waals surface area contributed by atoms with Crippen molar-refractivity contribution < 1.29 is 14.6 Å². The molecule has 8 heteroatoms. The molecule has 2 N–H and O–H groups in total. The van der Waals surface area contributed by atoms with Crippen LogP contribution in [0.25, 0.3) is 16.8 Å². The van der Waals surface area contributed by atoms with E-state index in [1.54, 1.807) is 42.5 Å². The van der Waals surface area contributed by atoms with Gasteiger partial charge in [-0.05, 0) is 68.0 Å². The first-order valence-electron chi connectivity index (χ1n) is 11.7. The highest BCUT2D eigenvalue weighted by Gasteiger charge is 2.27. The van der Waals surface area contributed by atoms with Crippen LogP contribution in [0.5, 0.6) is 5.75 Å². The van der Waals surface area contributed by atoms with Gasteiger partial charge >= 0.3 is 5.97 Å². The number of ether oxygens (including phenoxy) is 1. The molecule has 1 aromatic carbocycles. The Hall–Kier alpha value is -4.20. The minimum absolute atomic E-state index is 0.229. The number of aromatic nitrogens is 4. The summed E-state index contributed by atoms with van der Waals surface area (Å²) >= 11 is 0. The number of carboxylic acid groups (broad SMARTS) is 1. The Balaban J connectivity index is 1.75. The quantitative estimate of drug-likeness (QED) is 0.350. The molecule has 0 amide bonds. The van der Waals surface area contributed by atoms with Crippen LogP contribution in [0.15, 0.2) is 55.0 Å². The van der Waals surface area contributed by atoms with Crippen molar-refractivity contribution in [2.45, 2.75) is 39.0 Å². The zero-order valence-corrected chi connectivity index (χ0v) is 19.9. The molecule has 0 radical (unpaired) electrons. The number of benzene rings is 1. The van der Waals surface area contributed by atoms with Crippen LogP contribution in [0.1, 0.15) is 53.0 Å². The lowest BCUT2D eigenvalue weighted by atomic mass is 10.0. The summed E-state index contributed by atoms with van der Waals surface area (Å²) in [5, 5.41) is 18.4. The van der Waals surface area contributed by atoms with Gasteiger partial charge in [-0.25, -0.2) is 9.48 Å². The number of pyridine rings is 2. The Morgan fingerprint density at radius 1 is 1.23 bits per heavy atom. The van der Waals surface area contributed by atoms with Crippen molar-refractivity contribution in [1.29, 1.82) is 0 Å². The molecule has 0 aliphatic heterocycles. The lowest BCUT2D eigenvalue weighted by Crippen LogP contribution is -2.09. The number of nitrogens with one attached hydrogen (secondary N) is 1. The summed E-state index contributed by atoms with van der Waals surface area (Å²) in [6, 6.07) is 11.2. The minimum atomic E-state index is -0.977. The third-order valence-electron chi connectivity index (χ3n) is 6.35. The summed E-state index contributed by atoms with van der Waals surface area (Å²) in [5.41, 5.74) is 5.79. The van der Waals surface area contributed by atoms with Gasteiger partial charge in [0, 0.05) is 24.2 Å². The second kappa shape index (κ2) is 9.21. The maximum Gasteiger partial charge on any atom is 0.337 e. The molecule has 1 saturated carbocycles. The lowest BCUT2D eigenvalue weighted by Gasteiger charge is -2.16. The fourth-order valence-electron chi connectivity index (χ4n) is 4.38. The van der Waals surface area contributed by atoms with E-state index in [2.05, 4.69) is 15.3 Å². The highest BCUT2D eigenvalue weighted by atomic mass is 16.5. The summed E-state index contributed by atoms with van der Waals surface area (Å²) < 4.78 is 7.44. The number of rotatable bonds is 8. The summed E-state index contributed by atoms with van der Waals surface area (Å²) in [5.74, 6) is 0.760. The molecule has 35 heavy (non-hydrogen) atoms. The zero-order valence-electron chi connectivity index (χ0n) is 19.9. The smallest absolute Gasteiger partial charge is 0.337 e. The van der Waals surface area contributed by atoms with Gasteiger partial charge in [0.05, 0.1) is 41.0 Å². The fraction of sp³-hybridized carbons (Fsp3) is 0.259.